The van der Waals surface area contributed by atoms with E-state index in [1.807, 2.05) is 10.9 Å². The van der Waals surface area contributed by atoms with Crippen LogP contribution in [0.25, 0.3) is 22.2 Å². The standard InChI is InChI=1S/C33H31ClF3N5O5/c1-31(30(38)44)15-47-28-22(31)12-25(40-27(28)21-11-19(33(35,36)37)5-8-23(21)34)32(45,18-3-4-18)14-39-29(43)16-9-17-13-42(20-6-7-20)41-26(17)24(10-16)46-2/h5,8-13,18,20,45H,3-4,6-7,14-15H2,1-2H3,(H2,38,44)(H,39,43)/t31-,32?/m0/s1. The molecule has 2 saturated carbocycles. The molecule has 2 aromatic heterocycles. The fourth-order valence-electron chi connectivity index (χ4n) is 6.13. The summed E-state index contributed by atoms with van der Waals surface area (Å²) in [7, 11) is 1.50. The molecule has 2 aliphatic carbocycles. The van der Waals surface area contributed by atoms with Crippen molar-refractivity contribution in [3.63, 3.8) is 0 Å². The fourth-order valence-corrected chi connectivity index (χ4v) is 6.34. The number of aromatic nitrogens is 3. The maximum absolute atomic E-state index is 13.7. The largest absolute Gasteiger partial charge is 0.494 e. The molecule has 0 saturated heterocycles. The Kier molecular flexibility index (Phi) is 7.21. The van der Waals surface area contributed by atoms with E-state index < -0.39 is 34.6 Å². The highest BCUT2D eigenvalue weighted by molar-refractivity contribution is 6.33. The van der Waals surface area contributed by atoms with Crippen molar-refractivity contribution < 1.29 is 37.3 Å². The number of hydrogen-bond acceptors (Lipinski definition) is 7. The Hall–Kier alpha value is -4.36. The third kappa shape index (κ3) is 5.35. The molecule has 14 heteroatoms. The number of nitrogens with one attached hydrogen (secondary N) is 1. The van der Waals surface area contributed by atoms with Gasteiger partial charge in [-0.15, -0.1) is 0 Å². The summed E-state index contributed by atoms with van der Waals surface area (Å²) < 4.78 is 54.5. The van der Waals surface area contributed by atoms with Gasteiger partial charge in [0.1, 0.15) is 40.3 Å². The third-order valence-electron chi connectivity index (χ3n) is 9.37. The molecule has 7 rings (SSSR count). The van der Waals surface area contributed by atoms with E-state index >= 15 is 0 Å². The minimum absolute atomic E-state index is 0.0410. The maximum atomic E-state index is 13.7. The van der Waals surface area contributed by atoms with Gasteiger partial charge in [-0.1, -0.05) is 11.6 Å². The Morgan fingerprint density at radius 3 is 2.57 bits per heavy atom. The van der Waals surface area contributed by atoms with E-state index in [0.717, 1.165) is 36.4 Å². The van der Waals surface area contributed by atoms with Crippen LogP contribution in [0.1, 0.15) is 65.8 Å². The van der Waals surface area contributed by atoms with Gasteiger partial charge in [-0.25, -0.2) is 4.98 Å². The summed E-state index contributed by atoms with van der Waals surface area (Å²) in [5.74, 6) is -1.08. The number of pyridine rings is 1. The van der Waals surface area contributed by atoms with Gasteiger partial charge in [0.2, 0.25) is 5.91 Å². The van der Waals surface area contributed by atoms with Crippen LogP contribution in [-0.4, -0.2) is 51.9 Å². The Balaban J connectivity index is 1.28. The predicted octanol–water partition coefficient (Wildman–Crippen LogP) is 5.28. The fraction of sp³-hybridized carbons (Fsp3) is 0.394. The zero-order valence-corrected chi connectivity index (χ0v) is 26.2. The number of fused-ring (bicyclic) bond motifs is 2. The van der Waals surface area contributed by atoms with Crippen molar-refractivity contribution >= 4 is 34.3 Å². The SMILES string of the molecule is COc1cc(C(=O)NCC(O)(c2cc3c(c(-c4cc(C(F)(F)F)ccc4Cl)n2)OC[C@]3(C)C(N)=O)C2CC2)cc2cn(C3CC3)nc12. The smallest absolute Gasteiger partial charge is 0.416 e. The number of nitrogens with zero attached hydrogens (tertiary/aromatic N) is 3. The monoisotopic (exact) mass is 669 g/mol. The Bertz CT molecular complexity index is 1960. The van der Waals surface area contributed by atoms with Gasteiger partial charge in [-0.05, 0) is 74.9 Å². The number of primary amides is 1. The average Bonchev–Trinajstić information content (AvgIpc) is 3.98. The number of hydrogen-bond donors (Lipinski definition) is 3. The zero-order valence-electron chi connectivity index (χ0n) is 25.4. The number of amides is 2. The second kappa shape index (κ2) is 10.8. The summed E-state index contributed by atoms with van der Waals surface area (Å²) in [6.07, 6.45) is 0.478. The number of benzene rings is 2. The lowest BCUT2D eigenvalue weighted by molar-refractivity contribution is -0.137. The third-order valence-corrected chi connectivity index (χ3v) is 9.70. The number of halogens is 4. The summed E-state index contributed by atoms with van der Waals surface area (Å²) >= 11 is 6.43. The predicted molar refractivity (Wildman–Crippen MR) is 165 cm³/mol. The lowest BCUT2D eigenvalue weighted by atomic mass is 9.81. The normalized spacial score (nSPS) is 20.4. The van der Waals surface area contributed by atoms with Gasteiger partial charge in [0.25, 0.3) is 5.91 Å². The molecule has 1 unspecified atom stereocenters. The highest BCUT2D eigenvalue weighted by atomic mass is 35.5. The van der Waals surface area contributed by atoms with Crippen LogP contribution >= 0.6 is 11.6 Å². The molecule has 2 fully saturated rings. The molecule has 2 amide bonds. The number of ether oxygens (including phenoxy) is 2. The summed E-state index contributed by atoms with van der Waals surface area (Å²) in [5.41, 5.74) is 2.72. The quantitative estimate of drug-likeness (QED) is 0.220. The van der Waals surface area contributed by atoms with Gasteiger partial charge in [0, 0.05) is 28.3 Å². The summed E-state index contributed by atoms with van der Waals surface area (Å²) in [6, 6.07) is 7.91. The van der Waals surface area contributed by atoms with Crippen molar-refractivity contribution in [3.8, 4) is 22.8 Å². The lowest BCUT2D eigenvalue weighted by Crippen LogP contribution is -2.44. The van der Waals surface area contributed by atoms with Crippen molar-refractivity contribution in [2.45, 2.75) is 55.8 Å². The molecule has 3 heterocycles. The second-order valence-corrected chi connectivity index (χ2v) is 13.2. The molecule has 2 aromatic carbocycles. The zero-order chi connectivity index (χ0) is 33.5. The van der Waals surface area contributed by atoms with Crippen LogP contribution in [-0.2, 0) is 22.0 Å². The number of aliphatic hydroxyl groups is 1. The first-order valence-corrected chi connectivity index (χ1v) is 15.5. The van der Waals surface area contributed by atoms with E-state index in [4.69, 9.17) is 26.8 Å². The maximum Gasteiger partial charge on any atom is 0.416 e. The van der Waals surface area contributed by atoms with E-state index in [9.17, 15) is 27.9 Å². The molecular formula is C33H31ClF3N5O5. The van der Waals surface area contributed by atoms with E-state index in [-0.39, 0.29) is 57.9 Å². The molecule has 1 aliphatic heterocycles. The number of carbonyl (C=O) groups excluding carboxylic acids is 2. The van der Waals surface area contributed by atoms with Crippen molar-refractivity contribution in [1.82, 2.24) is 20.1 Å². The molecule has 10 nitrogen and oxygen atoms in total. The topological polar surface area (TPSA) is 142 Å². The van der Waals surface area contributed by atoms with Crippen LogP contribution in [0.15, 0.2) is 42.6 Å². The van der Waals surface area contributed by atoms with Crippen molar-refractivity contribution in [1.29, 1.82) is 0 Å². The number of rotatable bonds is 9. The van der Waals surface area contributed by atoms with Gasteiger partial charge >= 0.3 is 6.18 Å². The van der Waals surface area contributed by atoms with Crippen LogP contribution in [0.2, 0.25) is 5.02 Å². The highest BCUT2D eigenvalue weighted by Gasteiger charge is 2.50. The van der Waals surface area contributed by atoms with Crippen LogP contribution in [0, 0.1) is 5.92 Å². The molecule has 246 valence electrons. The van der Waals surface area contributed by atoms with Gasteiger partial charge in [0.05, 0.1) is 36.0 Å². The molecule has 0 spiro atoms. The second-order valence-electron chi connectivity index (χ2n) is 12.7. The number of carbonyl (C=O) groups is 2. The Morgan fingerprint density at radius 2 is 1.94 bits per heavy atom. The van der Waals surface area contributed by atoms with Crippen molar-refractivity contribution in [2.24, 2.45) is 11.7 Å². The lowest BCUT2D eigenvalue weighted by Gasteiger charge is -2.30. The van der Waals surface area contributed by atoms with Gasteiger partial charge in [-0.3, -0.25) is 14.3 Å². The van der Waals surface area contributed by atoms with E-state index in [1.54, 1.807) is 19.1 Å². The van der Waals surface area contributed by atoms with Crippen LogP contribution in [0.5, 0.6) is 11.5 Å². The molecule has 4 aromatic rings. The Morgan fingerprint density at radius 1 is 1.19 bits per heavy atom. The van der Waals surface area contributed by atoms with E-state index in [2.05, 4.69) is 15.4 Å². The molecule has 4 N–H and O–H groups in total. The molecular weight excluding hydrogens is 639 g/mol. The minimum atomic E-state index is -4.68. The summed E-state index contributed by atoms with van der Waals surface area (Å²) in [5, 5.41) is 20.4. The van der Waals surface area contributed by atoms with Gasteiger partial charge in [0.15, 0.2) is 0 Å². The van der Waals surface area contributed by atoms with Crippen molar-refractivity contribution in [3.05, 3.63) is 70.0 Å². The van der Waals surface area contributed by atoms with Crippen molar-refractivity contribution in [2.75, 3.05) is 20.3 Å². The minimum Gasteiger partial charge on any atom is -0.494 e. The number of alkyl halides is 3. The number of nitrogens with two attached hydrogens (primary N) is 1. The van der Waals surface area contributed by atoms with E-state index in [1.165, 1.54) is 13.2 Å². The highest BCUT2D eigenvalue weighted by Crippen LogP contribution is 2.51. The molecule has 0 radical (unpaired) electrons. The number of methoxy groups -OCH3 is 1. The van der Waals surface area contributed by atoms with Crippen LogP contribution < -0.4 is 20.5 Å². The first-order chi connectivity index (χ1) is 22.2. The van der Waals surface area contributed by atoms with Crippen LogP contribution in [0.4, 0.5) is 13.2 Å². The summed E-state index contributed by atoms with van der Waals surface area (Å²) in [6.45, 7) is 1.08. The first-order valence-electron chi connectivity index (χ1n) is 15.2. The van der Waals surface area contributed by atoms with Gasteiger partial charge in [-0.2, -0.15) is 18.3 Å². The average molecular weight is 670 g/mol. The molecule has 2 atom stereocenters. The molecule has 3 aliphatic rings. The van der Waals surface area contributed by atoms with E-state index in [0.29, 0.717) is 30.1 Å². The Labute approximate surface area is 272 Å². The molecule has 0 bridgehead atoms. The molecule has 47 heavy (non-hydrogen) atoms. The first kappa shape index (κ1) is 31.3. The van der Waals surface area contributed by atoms with Gasteiger partial charge < -0.3 is 25.6 Å². The summed E-state index contributed by atoms with van der Waals surface area (Å²) in [4.78, 5) is 30.8. The van der Waals surface area contributed by atoms with Crippen LogP contribution in [0.3, 0.4) is 0 Å².